The fourth-order valence-corrected chi connectivity index (χ4v) is 1.69. The van der Waals surface area contributed by atoms with Crippen LogP contribution in [0, 0.1) is 18.6 Å². The Morgan fingerprint density at radius 2 is 2.11 bits per heavy atom. The van der Waals surface area contributed by atoms with Gasteiger partial charge in [-0.3, -0.25) is 0 Å². The summed E-state index contributed by atoms with van der Waals surface area (Å²) in [5, 5.41) is 4.03. The molecule has 1 aromatic heterocycles. The molecule has 0 aliphatic carbocycles. The van der Waals surface area contributed by atoms with E-state index in [0.29, 0.717) is 5.69 Å². The number of rotatable bonds is 3. The molecule has 0 radical (unpaired) electrons. The highest BCUT2D eigenvalue weighted by atomic mass is 19.1. The first-order valence-electron chi connectivity index (χ1n) is 5.72. The largest absolute Gasteiger partial charge is 0.461 e. The summed E-state index contributed by atoms with van der Waals surface area (Å²) in [6.07, 6.45) is 0. The van der Waals surface area contributed by atoms with Crippen molar-refractivity contribution in [2.45, 2.75) is 13.8 Å². The highest BCUT2D eigenvalue weighted by molar-refractivity contribution is 5.88. The summed E-state index contributed by atoms with van der Waals surface area (Å²) >= 11 is 0. The van der Waals surface area contributed by atoms with Gasteiger partial charge in [-0.1, -0.05) is 0 Å². The summed E-state index contributed by atoms with van der Waals surface area (Å²) < 4.78 is 32.6. The maximum atomic E-state index is 13.7. The molecule has 0 fully saturated rings. The fraction of sp³-hybridized carbons (Fsp3) is 0.231. The zero-order chi connectivity index (χ0) is 14.0. The van der Waals surface area contributed by atoms with Crippen LogP contribution in [0.1, 0.15) is 23.1 Å². The van der Waals surface area contributed by atoms with Gasteiger partial charge < -0.3 is 4.74 Å². The normalized spacial score (nSPS) is 10.5. The van der Waals surface area contributed by atoms with E-state index in [2.05, 4.69) is 5.10 Å². The van der Waals surface area contributed by atoms with Gasteiger partial charge >= 0.3 is 5.97 Å². The predicted octanol–water partition coefficient (Wildman–Crippen LogP) is 2.64. The number of benzene rings is 1. The summed E-state index contributed by atoms with van der Waals surface area (Å²) in [7, 11) is 0. The summed E-state index contributed by atoms with van der Waals surface area (Å²) in [5.41, 5.74) is 0.634. The van der Waals surface area contributed by atoms with Crippen LogP contribution in [0.2, 0.25) is 0 Å². The number of hydrogen-bond donors (Lipinski definition) is 0. The van der Waals surface area contributed by atoms with Crippen molar-refractivity contribution >= 4 is 5.97 Å². The van der Waals surface area contributed by atoms with E-state index in [9.17, 15) is 13.6 Å². The number of hydrogen-bond acceptors (Lipinski definition) is 3. The molecule has 1 aromatic carbocycles. The van der Waals surface area contributed by atoms with Crippen LogP contribution in [0.4, 0.5) is 8.78 Å². The van der Waals surface area contributed by atoms with Gasteiger partial charge in [0, 0.05) is 6.07 Å². The summed E-state index contributed by atoms with van der Waals surface area (Å²) in [6, 6.07) is 4.55. The lowest BCUT2D eigenvalue weighted by molar-refractivity contribution is 0.0515. The van der Waals surface area contributed by atoms with Gasteiger partial charge in [0.05, 0.1) is 12.3 Å². The Hall–Kier alpha value is -2.24. The van der Waals surface area contributed by atoms with E-state index in [-0.39, 0.29) is 18.0 Å². The molecule has 0 aliphatic rings. The molecule has 6 heteroatoms. The Morgan fingerprint density at radius 1 is 1.37 bits per heavy atom. The van der Waals surface area contributed by atoms with Crippen molar-refractivity contribution in [1.29, 1.82) is 0 Å². The molecule has 4 nitrogen and oxygen atoms in total. The second kappa shape index (κ2) is 5.17. The highest BCUT2D eigenvalue weighted by Gasteiger charge is 2.18. The van der Waals surface area contributed by atoms with E-state index in [1.54, 1.807) is 13.8 Å². The van der Waals surface area contributed by atoms with Gasteiger partial charge in [0.25, 0.3) is 0 Å². The number of carbonyl (C=O) groups excluding carboxylic acids is 1. The number of esters is 1. The molecule has 0 saturated carbocycles. The minimum absolute atomic E-state index is 0.00227. The van der Waals surface area contributed by atoms with Gasteiger partial charge in [0.2, 0.25) is 0 Å². The molecule has 0 N–H and O–H groups in total. The zero-order valence-corrected chi connectivity index (χ0v) is 10.5. The Bertz CT molecular complexity index is 623. The maximum absolute atomic E-state index is 13.7. The molecule has 2 aromatic rings. The standard InChI is InChI=1S/C13H12F2N2O2/c1-3-19-13(18)12-6-8(2)16-17(12)11-5-4-9(14)7-10(11)15/h4-7H,3H2,1-2H3. The van der Waals surface area contributed by atoms with Gasteiger partial charge in [0.1, 0.15) is 11.5 Å². The molecular formula is C13H12F2N2O2. The Kier molecular flexibility index (Phi) is 3.59. The fourth-order valence-electron chi connectivity index (χ4n) is 1.69. The number of aromatic nitrogens is 2. The van der Waals surface area contributed by atoms with Crippen molar-refractivity contribution in [3.05, 3.63) is 47.3 Å². The Morgan fingerprint density at radius 3 is 2.74 bits per heavy atom. The average Bonchev–Trinajstić information content (AvgIpc) is 2.71. The van der Waals surface area contributed by atoms with Crippen molar-refractivity contribution < 1.29 is 18.3 Å². The summed E-state index contributed by atoms with van der Waals surface area (Å²) in [5.74, 6) is -2.09. The Balaban J connectivity index is 2.52. The molecule has 0 spiro atoms. The highest BCUT2D eigenvalue weighted by Crippen LogP contribution is 2.18. The van der Waals surface area contributed by atoms with Crippen molar-refractivity contribution in [3.63, 3.8) is 0 Å². The van der Waals surface area contributed by atoms with Crippen molar-refractivity contribution in [1.82, 2.24) is 9.78 Å². The number of ether oxygens (including phenoxy) is 1. The topological polar surface area (TPSA) is 44.1 Å². The number of carbonyl (C=O) groups is 1. The molecule has 0 atom stereocenters. The third-order valence-corrected chi connectivity index (χ3v) is 2.45. The third-order valence-electron chi connectivity index (χ3n) is 2.45. The first-order chi connectivity index (χ1) is 9.02. The van der Waals surface area contributed by atoms with Crippen molar-refractivity contribution in [2.75, 3.05) is 6.61 Å². The lowest BCUT2D eigenvalue weighted by Crippen LogP contribution is -2.13. The van der Waals surface area contributed by atoms with E-state index >= 15 is 0 Å². The van der Waals surface area contributed by atoms with Crippen LogP contribution >= 0.6 is 0 Å². The summed E-state index contributed by atoms with van der Waals surface area (Å²) in [6.45, 7) is 3.54. The van der Waals surface area contributed by atoms with Gasteiger partial charge in [-0.25, -0.2) is 18.3 Å². The third kappa shape index (κ3) is 2.62. The maximum Gasteiger partial charge on any atom is 0.357 e. The van der Waals surface area contributed by atoms with Crippen molar-refractivity contribution in [3.8, 4) is 5.69 Å². The minimum Gasteiger partial charge on any atom is -0.461 e. The summed E-state index contributed by atoms with van der Waals surface area (Å²) in [4.78, 5) is 11.8. The van der Waals surface area contributed by atoms with Gasteiger partial charge in [-0.2, -0.15) is 5.10 Å². The minimum atomic E-state index is -0.798. The smallest absolute Gasteiger partial charge is 0.357 e. The van der Waals surface area contributed by atoms with E-state index < -0.39 is 17.6 Å². The second-order valence-corrected chi connectivity index (χ2v) is 3.90. The quantitative estimate of drug-likeness (QED) is 0.802. The van der Waals surface area contributed by atoms with E-state index in [1.807, 2.05) is 0 Å². The van der Waals surface area contributed by atoms with E-state index in [0.717, 1.165) is 16.8 Å². The van der Waals surface area contributed by atoms with Crippen molar-refractivity contribution in [2.24, 2.45) is 0 Å². The van der Waals surface area contributed by atoms with Crippen LogP contribution in [-0.4, -0.2) is 22.4 Å². The van der Waals surface area contributed by atoms with Crippen LogP contribution < -0.4 is 0 Å². The predicted molar refractivity (Wildman–Crippen MR) is 64.2 cm³/mol. The molecule has 0 amide bonds. The molecule has 2 rings (SSSR count). The van der Waals surface area contributed by atoms with Gasteiger partial charge in [-0.05, 0) is 32.0 Å². The van der Waals surface area contributed by atoms with Gasteiger partial charge in [-0.15, -0.1) is 0 Å². The molecule has 19 heavy (non-hydrogen) atoms. The zero-order valence-electron chi connectivity index (χ0n) is 10.5. The van der Waals surface area contributed by atoms with Crippen LogP contribution in [0.5, 0.6) is 0 Å². The van der Waals surface area contributed by atoms with Crippen LogP contribution in [0.15, 0.2) is 24.3 Å². The van der Waals surface area contributed by atoms with E-state index in [1.165, 1.54) is 12.1 Å². The van der Waals surface area contributed by atoms with Crippen LogP contribution in [0.25, 0.3) is 5.69 Å². The van der Waals surface area contributed by atoms with E-state index in [4.69, 9.17) is 4.74 Å². The average molecular weight is 266 g/mol. The van der Waals surface area contributed by atoms with Gasteiger partial charge in [0.15, 0.2) is 11.5 Å². The molecule has 100 valence electrons. The number of nitrogens with zero attached hydrogens (tertiary/aromatic N) is 2. The molecule has 0 saturated heterocycles. The molecule has 0 unspecified atom stereocenters. The van der Waals surface area contributed by atoms with Crippen LogP contribution in [0.3, 0.4) is 0 Å². The molecule has 0 bridgehead atoms. The Labute approximate surface area is 108 Å². The molecule has 0 aliphatic heterocycles. The molecule has 1 heterocycles. The van der Waals surface area contributed by atoms with Crippen LogP contribution in [-0.2, 0) is 4.74 Å². The second-order valence-electron chi connectivity index (χ2n) is 3.90. The SMILES string of the molecule is CCOC(=O)c1cc(C)nn1-c1ccc(F)cc1F. The lowest BCUT2D eigenvalue weighted by Gasteiger charge is -2.07. The lowest BCUT2D eigenvalue weighted by atomic mass is 10.3. The first kappa shape index (κ1) is 13.2. The number of halogens is 2. The number of aryl methyl sites for hydroxylation is 1. The first-order valence-corrected chi connectivity index (χ1v) is 5.72. The molecular weight excluding hydrogens is 254 g/mol. The monoisotopic (exact) mass is 266 g/mol.